The predicted molar refractivity (Wildman–Crippen MR) is 69.1 cm³/mol. The lowest BCUT2D eigenvalue weighted by atomic mass is 10.3. The van der Waals surface area contributed by atoms with Crippen molar-refractivity contribution in [1.29, 1.82) is 0 Å². The first-order valence-electron chi connectivity index (χ1n) is 4.44. The van der Waals surface area contributed by atoms with Crippen molar-refractivity contribution in [2.75, 3.05) is 0 Å². The third kappa shape index (κ3) is 2.75. The Balaban J connectivity index is 2.35. The highest BCUT2D eigenvalue weighted by Gasteiger charge is 2.09. The normalized spacial score (nSPS) is 10.3. The molecular formula is C10H5ClFIN2O2. The monoisotopic (exact) mass is 366 g/mol. The van der Waals surface area contributed by atoms with Gasteiger partial charge in [0.2, 0.25) is 5.88 Å². The molecule has 1 heterocycles. The van der Waals surface area contributed by atoms with Crippen molar-refractivity contribution >= 4 is 34.2 Å². The Kier molecular flexibility index (Phi) is 3.63. The van der Waals surface area contributed by atoms with Crippen molar-refractivity contribution in [3.8, 4) is 11.6 Å². The molecule has 0 radical (unpaired) electrons. The summed E-state index contributed by atoms with van der Waals surface area (Å²) in [5, 5.41) is 0.00548. The molecular weight excluding hydrogens is 361 g/mol. The Bertz CT molecular complexity index is 617. The zero-order valence-corrected chi connectivity index (χ0v) is 11.1. The molecule has 7 heteroatoms. The number of benzene rings is 1. The van der Waals surface area contributed by atoms with Gasteiger partial charge < -0.3 is 9.72 Å². The summed E-state index contributed by atoms with van der Waals surface area (Å²) in [6, 6.07) is 3.98. The van der Waals surface area contributed by atoms with E-state index in [1.54, 1.807) is 22.6 Å². The molecule has 0 amide bonds. The predicted octanol–water partition coefficient (Wildman–Crippen LogP) is 2.96. The average Bonchev–Trinajstić information content (AvgIpc) is 2.30. The van der Waals surface area contributed by atoms with E-state index in [0.29, 0.717) is 3.57 Å². The van der Waals surface area contributed by atoms with Crippen LogP contribution in [0.1, 0.15) is 0 Å². The fraction of sp³-hybridized carbons (Fsp3) is 0. The number of ether oxygens (including phenoxy) is 1. The lowest BCUT2D eigenvalue weighted by molar-refractivity contribution is 0.452. The summed E-state index contributed by atoms with van der Waals surface area (Å²) < 4.78 is 18.7. The first kappa shape index (κ1) is 12.3. The second-order valence-corrected chi connectivity index (χ2v) is 4.51. The molecule has 0 spiro atoms. The minimum Gasteiger partial charge on any atom is -0.438 e. The van der Waals surface area contributed by atoms with E-state index < -0.39 is 5.82 Å². The summed E-state index contributed by atoms with van der Waals surface area (Å²) in [5.74, 6) is -0.247. The number of nitrogens with zero attached hydrogens (tertiary/aromatic N) is 1. The molecule has 4 nitrogen and oxygen atoms in total. The lowest BCUT2D eigenvalue weighted by Crippen LogP contribution is -2.11. The molecule has 0 unspecified atom stereocenters. The number of halogens is 3. The number of rotatable bonds is 2. The van der Waals surface area contributed by atoms with E-state index in [4.69, 9.17) is 16.3 Å². The van der Waals surface area contributed by atoms with Crippen molar-refractivity contribution in [2.24, 2.45) is 0 Å². The number of H-pyrrole nitrogens is 1. The summed E-state index contributed by atoms with van der Waals surface area (Å²) in [6.07, 6.45) is 1.21. The highest BCUT2D eigenvalue weighted by Crippen LogP contribution is 2.25. The fourth-order valence-corrected chi connectivity index (χ4v) is 1.61. The van der Waals surface area contributed by atoms with Gasteiger partial charge in [0.25, 0.3) is 5.56 Å². The molecule has 2 aromatic rings. The Hall–Kier alpha value is -1.15. The van der Waals surface area contributed by atoms with E-state index >= 15 is 0 Å². The summed E-state index contributed by atoms with van der Waals surface area (Å²) >= 11 is 7.33. The smallest absolute Gasteiger partial charge is 0.268 e. The summed E-state index contributed by atoms with van der Waals surface area (Å²) in [7, 11) is 0. The standard InChI is InChI=1S/C10H5ClFIN2O2/c11-6-2-1-5(3-7(6)12)17-10-8(13)9(16)14-4-15-10/h1-4H,(H,14,15,16). The molecule has 1 aromatic carbocycles. The van der Waals surface area contributed by atoms with Crippen LogP contribution in [0.3, 0.4) is 0 Å². The van der Waals surface area contributed by atoms with Crippen LogP contribution in [0.2, 0.25) is 5.02 Å². The molecule has 0 saturated carbocycles. The van der Waals surface area contributed by atoms with E-state index in [1.165, 1.54) is 18.5 Å². The van der Waals surface area contributed by atoms with Crippen molar-refractivity contribution < 1.29 is 9.13 Å². The van der Waals surface area contributed by atoms with Crippen LogP contribution in [0, 0.1) is 9.39 Å². The minimum absolute atomic E-state index is 0.00548. The maximum Gasteiger partial charge on any atom is 0.268 e. The van der Waals surface area contributed by atoms with Crippen LogP contribution >= 0.6 is 34.2 Å². The second-order valence-electron chi connectivity index (χ2n) is 3.03. The molecule has 0 aliphatic carbocycles. The summed E-state index contributed by atoms with van der Waals surface area (Å²) in [5.41, 5.74) is -0.315. The van der Waals surface area contributed by atoms with Gasteiger partial charge in [-0.3, -0.25) is 4.79 Å². The van der Waals surface area contributed by atoms with Crippen molar-refractivity contribution in [1.82, 2.24) is 9.97 Å². The molecule has 0 bridgehead atoms. The Morgan fingerprint density at radius 2 is 2.24 bits per heavy atom. The van der Waals surface area contributed by atoms with Crippen molar-refractivity contribution in [2.45, 2.75) is 0 Å². The Morgan fingerprint density at radius 1 is 1.47 bits per heavy atom. The third-order valence-electron chi connectivity index (χ3n) is 1.87. The fourth-order valence-electron chi connectivity index (χ4n) is 1.09. The van der Waals surface area contributed by atoms with Crippen molar-refractivity contribution in [3.63, 3.8) is 0 Å². The van der Waals surface area contributed by atoms with Crippen LogP contribution in [0.4, 0.5) is 4.39 Å². The average molecular weight is 367 g/mol. The number of nitrogens with one attached hydrogen (secondary N) is 1. The number of hydrogen-bond donors (Lipinski definition) is 1. The first-order chi connectivity index (χ1) is 8.08. The zero-order valence-electron chi connectivity index (χ0n) is 8.21. The summed E-state index contributed by atoms with van der Waals surface area (Å²) in [6.45, 7) is 0. The SMILES string of the molecule is O=c1[nH]cnc(Oc2ccc(Cl)c(F)c2)c1I. The second kappa shape index (κ2) is 5.01. The number of aromatic amines is 1. The van der Waals surface area contributed by atoms with Gasteiger partial charge in [0.15, 0.2) is 0 Å². The van der Waals surface area contributed by atoms with Crippen LogP contribution in [0.25, 0.3) is 0 Å². The lowest BCUT2D eigenvalue weighted by Gasteiger charge is -2.05. The van der Waals surface area contributed by atoms with Gasteiger partial charge in [-0.05, 0) is 34.7 Å². The van der Waals surface area contributed by atoms with E-state index in [-0.39, 0.29) is 22.2 Å². The zero-order chi connectivity index (χ0) is 12.4. The number of aromatic nitrogens is 2. The molecule has 2 rings (SSSR count). The Labute approximate surface area is 114 Å². The first-order valence-corrected chi connectivity index (χ1v) is 5.89. The van der Waals surface area contributed by atoms with E-state index in [1.807, 2.05) is 0 Å². The molecule has 17 heavy (non-hydrogen) atoms. The van der Waals surface area contributed by atoms with Crippen LogP contribution in [-0.4, -0.2) is 9.97 Å². The van der Waals surface area contributed by atoms with Gasteiger partial charge in [0, 0.05) is 6.07 Å². The van der Waals surface area contributed by atoms with E-state index in [2.05, 4.69) is 9.97 Å². The molecule has 1 aromatic heterocycles. The van der Waals surface area contributed by atoms with Crippen LogP contribution < -0.4 is 10.3 Å². The quantitative estimate of drug-likeness (QED) is 0.832. The minimum atomic E-state index is -0.594. The van der Waals surface area contributed by atoms with Gasteiger partial charge in [-0.15, -0.1) is 0 Å². The maximum atomic E-state index is 13.2. The third-order valence-corrected chi connectivity index (χ3v) is 3.13. The van der Waals surface area contributed by atoms with E-state index in [9.17, 15) is 9.18 Å². The van der Waals surface area contributed by atoms with Gasteiger partial charge in [0.1, 0.15) is 15.1 Å². The number of hydrogen-bond acceptors (Lipinski definition) is 3. The molecule has 88 valence electrons. The van der Waals surface area contributed by atoms with Gasteiger partial charge in [-0.2, -0.15) is 0 Å². The maximum absolute atomic E-state index is 13.2. The van der Waals surface area contributed by atoms with Crippen LogP contribution in [-0.2, 0) is 0 Å². The molecule has 1 N–H and O–H groups in total. The summed E-state index contributed by atoms with van der Waals surface area (Å²) in [4.78, 5) is 17.5. The molecule has 0 atom stereocenters. The van der Waals surface area contributed by atoms with Crippen molar-refractivity contribution in [3.05, 3.63) is 49.3 Å². The molecule has 0 aliphatic rings. The molecule has 0 aliphatic heterocycles. The highest BCUT2D eigenvalue weighted by atomic mass is 127. The van der Waals surface area contributed by atoms with E-state index in [0.717, 1.165) is 6.07 Å². The van der Waals surface area contributed by atoms with Gasteiger partial charge in [-0.1, -0.05) is 11.6 Å². The van der Waals surface area contributed by atoms with Crippen LogP contribution in [0.15, 0.2) is 29.3 Å². The van der Waals surface area contributed by atoms with Gasteiger partial charge in [0.05, 0.1) is 11.3 Å². The van der Waals surface area contributed by atoms with Crippen LogP contribution in [0.5, 0.6) is 11.6 Å². The molecule has 0 saturated heterocycles. The molecule has 0 fully saturated rings. The van der Waals surface area contributed by atoms with Gasteiger partial charge in [-0.25, -0.2) is 9.37 Å². The topological polar surface area (TPSA) is 55.0 Å². The largest absolute Gasteiger partial charge is 0.438 e. The Morgan fingerprint density at radius 3 is 2.94 bits per heavy atom. The van der Waals surface area contributed by atoms with Gasteiger partial charge >= 0.3 is 0 Å². The highest BCUT2D eigenvalue weighted by molar-refractivity contribution is 14.1.